The molecule has 7 heteroatoms. The molecule has 2 aromatic rings. The Morgan fingerprint density at radius 2 is 1.79 bits per heavy atom. The zero-order valence-electron chi connectivity index (χ0n) is 14.9. The molecule has 7 nitrogen and oxygen atoms in total. The van der Waals surface area contributed by atoms with E-state index in [9.17, 15) is 19.6 Å². The van der Waals surface area contributed by atoms with Crippen LogP contribution >= 0.6 is 0 Å². The second-order valence-corrected chi connectivity index (χ2v) is 6.30. The molecule has 1 N–H and O–H groups in total. The molecule has 0 unspecified atom stereocenters. The number of benzene rings is 2. The van der Waals surface area contributed by atoms with Crippen LogP contribution in [0.5, 0.6) is 0 Å². The summed E-state index contributed by atoms with van der Waals surface area (Å²) in [6.45, 7) is 0.0492. The molecule has 2 aromatic carbocycles. The van der Waals surface area contributed by atoms with E-state index in [0.29, 0.717) is 22.4 Å². The molecule has 3 amide bonds. The van der Waals surface area contributed by atoms with Crippen molar-refractivity contribution in [3.05, 3.63) is 53.6 Å². The molecule has 0 bridgehead atoms. The first-order valence-electron chi connectivity index (χ1n) is 8.69. The zero-order valence-corrected chi connectivity index (χ0v) is 14.9. The summed E-state index contributed by atoms with van der Waals surface area (Å²) in [4.78, 5) is 36.4. The average molecular weight is 372 g/mol. The Bertz CT molecular complexity index is 1030. The molecule has 0 radical (unpaired) electrons. The largest absolute Gasteiger partial charge is 0.326 e. The van der Waals surface area contributed by atoms with Gasteiger partial charge < -0.3 is 5.32 Å². The molecular weight excluding hydrogens is 356 g/mol. The Labute approximate surface area is 161 Å². The molecular formula is C21H16N4O3. The van der Waals surface area contributed by atoms with Gasteiger partial charge in [0.2, 0.25) is 17.7 Å². The van der Waals surface area contributed by atoms with Gasteiger partial charge in [-0.3, -0.25) is 19.3 Å². The summed E-state index contributed by atoms with van der Waals surface area (Å²) in [6.07, 6.45) is 0.381. The summed E-state index contributed by atoms with van der Waals surface area (Å²) in [5.41, 5.74) is 2.69. The Balaban J connectivity index is 1.71. The summed E-state index contributed by atoms with van der Waals surface area (Å²) >= 11 is 0. The molecule has 1 aliphatic rings. The monoisotopic (exact) mass is 372 g/mol. The van der Waals surface area contributed by atoms with Crippen LogP contribution in [0.4, 0.5) is 5.69 Å². The number of imide groups is 1. The Hall–Kier alpha value is -3.97. The van der Waals surface area contributed by atoms with Gasteiger partial charge in [-0.15, -0.1) is 0 Å². The van der Waals surface area contributed by atoms with Crippen molar-refractivity contribution in [1.82, 2.24) is 4.90 Å². The number of nitrogens with zero attached hydrogens (tertiary/aromatic N) is 3. The number of carbonyl (C=O) groups excluding carboxylic acids is 3. The molecule has 1 aliphatic heterocycles. The normalized spacial score (nSPS) is 13.1. The van der Waals surface area contributed by atoms with Gasteiger partial charge in [0, 0.05) is 31.5 Å². The van der Waals surface area contributed by atoms with Gasteiger partial charge in [0.15, 0.2) is 0 Å². The minimum atomic E-state index is -0.351. The van der Waals surface area contributed by atoms with Crippen molar-refractivity contribution in [3.8, 4) is 23.3 Å². The van der Waals surface area contributed by atoms with Crippen LogP contribution in [0.15, 0.2) is 42.5 Å². The highest BCUT2D eigenvalue weighted by atomic mass is 16.2. The SMILES string of the molecule is N#Cc1cccc(-c2ccc(NC(=O)CCN3C(=O)CCC3=O)cc2C#N)c1. The van der Waals surface area contributed by atoms with Crippen LogP contribution in [0.3, 0.4) is 0 Å². The van der Waals surface area contributed by atoms with Crippen molar-refractivity contribution in [2.75, 3.05) is 11.9 Å². The van der Waals surface area contributed by atoms with Crippen LogP contribution in [-0.2, 0) is 14.4 Å². The van der Waals surface area contributed by atoms with Crippen LogP contribution in [0.2, 0.25) is 0 Å². The third kappa shape index (κ3) is 4.05. The van der Waals surface area contributed by atoms with E-state index in [-0.39, 0.29) is 43.5 Å². The quantitative estimate of drug-likeness (QED) is 0.810. The Kier molecular flexibility index (Phi) is 5.48. The highest BCUT2D eigenvalue weighted by Crippen LogP contribution is 2.27. The van der Waals surface area contributed by atoms with Crippen molar-refractivity contribution in [3.63, 3.8) is 0 Å². The van der Waals surface area contributed by atoms with Crippen molar-refractivity contribution in [2.24, 2.45) is 0 Å². The molecule has 0 atom stereocenters. The number of rotatable bonds is 5. The van der Waals surface area contributed by atoms with E-state index in [4.69, 9.17) is 5.26 Å². The van der Waals surface area contributed by atoms with Gasteiger partial charge >= 0.3 is 0 Å². The molecule has 28 heavy (non-hydrogen) atoms. The van der Waals surface area contributed by atoms with E-state index in [2.05, 4.69) is 17.5 Å². The maximum atomic E-state index is 12.1. The minimum Gasteiger partial charge on any atom is -0.326 e. The van der Waals surface area contributed by atoms with Crippen LogP contribution in [0, 0.1) is 22.7 Å². The standard InChI is InChI=1S/C21H16N4O3/c22-12-14-2-1-3-15(10-14)18-5-4-17(11-16(18)13-23)24-19(26)8-9-25-20(27)6-7-21(25)28/h1-5,10-11H,6-9H2,(H,24,26). The minimum absolute atomic E-state index is 0.00860. The van der Waals surface area contributed by atoms with Gasteiger partial charge in [0.25, 0.3) is 0 Å². The summed E-state index contributed by atoms with van der Waals surface area (Å²) in [6, 6.07) is 16.0. The van der Waals surface area contributed by atoms with Crippen LogP contribution in [0.1, 0.15) is 30.4 Å². The first-order chi connectivity index (χ1) is 13.5. The lowest BCUT2D eigenvalue weighted by Gasteiger charge is -2.13. The molecule has 0 saturated carbocycles. The van der Waals surface area contributed by atoms with Gasteiger partial charge in [0.1, 0.15) is 0 Å². The van der Waals surface area contributed by atoms with E-state index in [1.165, 1.54) is 0 Å². The third-order valence-corrected chi connectivity index (χ3v) is 4.44. The topological polar surface area (TPSA) is 114 Å². The van der Waals surface area contributed by atoms with E-state index < -0.39 is 0 Å². The van der Waals surface area contributed by atoms with Gasteiger partial charge in [-0.2, -0.15) is 10.5 Å². The molecule has 0 aromatic heterocycles. The molecule has 1 heterocycles. The number of carbonyl (C=O) groups is 3. The van der Waals surface area contributed by atoms with Crippen LogP contribution in [0.25, 0.3) is 11.1 Å². The summed E-state index contributed by atoms with van der Waals surface area (Å²) < 4.78 is 0. The Morgan fingerprint density at radius 1 is 1.04 bits per heavy atom. The predicted molar refractivity (Wildman–Crippen MR) is 101 cm³/mol. The van der Waals surface area contributed by atoms with E-state index in [1.54, 1.807) is 42.5 Å². The molecule has 1 saturated heterocycles. The second-order valence-electron chi connectivity index (χ2n) is 6.30. The van der Waals surface area contributed by atoms with Crippen molar-refractivity contribution >= 4 is 23.4 Å². The third-order valence-electron chi connectivity index (χ3n) is 4.44. The molecule has 0 spiro atoms. The first kappa shape index (κ1) is 18.8. The fourth-order valence-electron chi connectivity index (χ4n) is 3.03. The van der Waals surface area contributed by atoms with Crippen LogP contribution < -0.4 is 5.32 Å². The van der Waals surface area contributed by atoms with Crippen LogP contribution in [-0.4, -0.2) is 29.2 Å². The van der Waals surface area contributed by atoms with E-state index in [1.807, 2.05) is 0 Å². The van der Waals surface area contributed by atoms with Crippen molar-refractivity contribution < 1.29 is 14.4 Å². The summed E-state index contributed by atoms with van der Waals surface area (Å²) in [5.74, 6) is -0.863. The number of anilines is 1. The lowest BCUT2D eigenvalue weighted by molar-refractivity contribution is -0.138. The predicted octanol–water partition coefficient (Wildman–Crippen LogP) is 2.57. The molecule has 3 rings (SSSR count). The average Bonchev–Trinajstić information content (AvgIpc) is 3.03. The fourth-order valence-corrected chi connectivity index (χ4v) is 3.03. The van der Waals surface area contributed by atoms with Gasteiger partial charge in [0.05, 0.1) is 23.3 Å². The number of hydrogen-bond donors (Lipinski definition) is 1. The van der Waals surface area contributed by atoms with Crippen molar-refractivity contribution in [1.29, 1.82) is 10.5 Å². The molecule has 0 aliphatic carbocycles. The highest BCUT2D eigenvalue weighted by molar-refractivity contribution is 6.02. The van der Waals surface area contributed by atoms with E-state index >= 15 is 0 Å². The van der Waals surface area contributed by atoms with Gasteiger partial charge in [-0.25, -0.2) is 0 Å². The maximum Gasteiger partial charge on any atom is 0.229 e. The van der Waals surface area contributed by atoms with Gasteiger partial charge in [-0.05, 0) is 35.4 Å². The maximum absolute atomic E-state index is 12.1. The fraction of sp³-hybridized carbons (Fsp3) is 0.190. The molecule has 138 valence electrons. The number of amides is 3. The van der Waals surface area contributed by atoms with E-state index in [0.717, 1.165) is 10.5 Å². The number of nitrogens with one attached hydrogen (secondary N) is 1. The first-order valence-corrected chi connectivity index (χ1v) is 8.69. The highest BCUT2D eigenvalue weighted by Gasteiger charge is 2.28. The van der Waals surface area contributed by atoms with Gasteiger partial charge in [-0.1, -0.05) is 18.2 Å². The molecule has 1 fully saturated rings. The number of hydrogen-bond acceptors (Lipinski definition) is 5. The summed E-state index contributed by atoms with van der Waals surface area (Å²) in [5, 5.41) is 21.2. The lowest BCUT2D eigenvalue weighted by Crippen LogP contribution is -2.32. The van der Waals surface area contributed by atoms with Crippen molar-refractivity contribution in [2.45, 2.75) is 19.3 Å². The summed E-state index contributed by atoms with van der Waals surface area (Å²) in [7, 11) is 0. The zero-order chi connectivity index (χ0) is 20.1. The lowest BCUT2D eigenvalue weighted by atomic mass is 9.98. The number of nitriles is 2. The second kappa shape index (κ2) is 8.15. The Morgan fingerprint density at radius 3 is 2.46 bits per heavy atom. The smallest absolute Gasteiger partial charge is 0.229 e. The number of likely N-dealkylation sites (tertiary alicyclic amines) is 1.